The van der Waals surface area contributed by atoms with E-state index in [2.05, 4.69) is 16.0 Å². The van der Waals surface area contributed by atoms with Gasteiger partial charge in [-0.3, -0.25) is 14.4 Å². The normalized spacial score (nSPS) is 12.8. The van der Waals surface area contributed by atoms with Gasteiger partial charge in [0.1, 0.15) is 12.1 Å². The highest BCUT2D eigenvalue weighted by atomic mass is 32.1. The second-order valence-corrected chi connectivity index (χ2v) is 6.35. The second kappa shape index (κ2) is 8.52. The predicted octanol–water partition coefficient (Wildman–Crippen LogP) is 1.75. The molecule has 1 aromatic heterocycles. The molecular weight excluding hydrogens is 364 g/mol. The summed E-state index contributed by atoms with van der Waals surface area (Å²) in [4.78, 5) is 36.8. The summed E-state index contributed by atoms with van der Waals surface area (Å²) in [5, 5.41) is 9.02. The highest BCUT2D eigenvalue weighted by Gasteiger charge is 2.26. The number of hydrogen-bond acceptors (Lipinski definition) is 4. The van der Waals surface area contributed by atoms with Crippen LogP contribution in [0.5, 0.6) is 0 Å². The molecule has 0 aliphatic rings. The first-order valence-corrected chi connectivity index (χ1v) is 8.52. The molecule has 3 N–H and O–H groups in total. The molecule has 26 heavy (non-hydrogen) atoms. The lowest BCUT2D eigenvalue weighted by molar-refractivity contribution is -0.129. The van der Waals surface area contributed by atoms with Crippen LogP contribution in [0, 0.1) is 11.6 Å². The van der Waals surface area contributed by atoms with E-state index in [1.807, 2.05) is 0 Å². The first kappa shape index (κ1) is 19.5. The Balaban J connectivity index is 2.11. The summed E-state index contributed by atoms with van der Waals surface area (Å²) < 4.78 is 26.6. The van der Waals surface area contributed by atoms with Gasteiger partial charge in [0.25, 0.3) is 5.91 Å². The standard InChI is InChI=1S/C17H17F2N3O3S/c1-9(21-16(24)13-4-3-7-26-13)15(23)22-14(17(25)20-2)10-5-6-11(18)12(19)8-10/h3-9,14H,1-2H3,(H,20,25)(H,21,24)(H,22,23). The molecule has 2 unspecified atom stereocenters. The third kappa shape index (κ3) is 4.63. The van der Waals surface area contributed by atoms with Crippen LogP contribution in [0.1, 0.15) is 28.2 Å². The highest BCUT2D eigenvalue weighted by molar-refractivity contribution is 7.12. The minimum atomic E-state index is -1.23. The maximum atomic E-state index is 13.5. The van der Waals surface area contributed by atoms with Crippen molar-refractivity contribution in [3.63, 3.8) is 0 Å². The molecule has 6 nitrogen and oxygen atoms in total. The van der Waals surface area contributed by atoms with Crippen LogP contribution in [0.2, 0.25) is 0 Å². The molecule has 3 amide bonds. The predicted molar refractivity (Wildman–Crippen MR) is 92.6 cm³/mol. The minimum absolute atomic E-state index is 0.0772. The number of carbonyl (C=O) groups is 3. The Labute approximate surface area is 152 Å². The van der Waals surface area contributed by atoms with Crippen molar-refractivity contribution in [2.24, 2.45) is 0 Å². The van der Waals surface area contributed by atoms with Crippen molar-refractivity contribution in [1.29, 1.82) is 0 Å². The van der Waals surface area contributed by atoms with Gasteiger partial charge < -0.3 is 16.0 Å². The van der Waals surface area contributed by atoms with Gasteiger partial charge in [0.15, 0.2) is 11.6 Å². The molecule has 9 heteroatoms. The maximum Gasteiger partial charge on any atom is 0.261 e. The molecule has 1 aromatic carbocycles. The molecule has 0 aliphatic carbocycles. The van der Waals surface area contributed by atoms with Crippen LogP contribution in [-0.4, -0.2) is 30.8 Å². The van der Waals surface area contributed by atoms with Gasteiger partial charge in [-0.25, -0.2) is 8.78 Å². The van der Waals surface area contributed by atoms with Crippen molar-refractivity contribution >= 4 is 29.1 Å². The zero-order chi connectivity index (χ0) is 19.3. The fourth-order valence-electron chi connectivity index (χ4n) is 2.14. The van der Waals surface area contributed by atoms with E-state index in [9.17, 15) is 23.2 Å². The molecular formula is C17H17F2N3O3S. The van der Waals surface area contributed by atoms with Gasteiger partial charge in [-0.2, -0.15) is 0 Å². The minimum Gasteiger partial charge on any atom is -0.357 e. The van der Waals surface area contributed by atoms with Gasteiger partial charge >= 0.3 is 0 Å². The lowest BCUT2D eigenvalue weighted by Gasteiger charge is -2.21. The molecule has 0 bridgehead atoms. The number of hydrogen-bond donors (Lipinski definition) is 3. The molecule has 0 saturated carbocycles. The van der Waals surface area contributed by atoms with E-state index in [1.165, 1.54) is 31.4 Å². The Morgan fingerprint density at radius 1 is 1.04 bits per heavy atom. The summed E-state index contributed by atoms with van der Waals surface area (Å²) in [5.74, 6) is -3.88. The Kier molecular flexibility index (Phi) is 6.40. The average molecular weight is 381 g/mol. The molecule has 138 valence electrons. The second-order valence-electron chi connectivity index (χ2n) is 5.40. The Morgan fingerprint density at radius 3 is 2.35 bits per heavy atom. The van der Waals surface area contributed by atoms with Crippen molar-refractivity contribution in [3.05, 3.63) is 57.8 Å². The van der Waals surface area contributed by atoms with Gasteiger partial charge in [-0.15, -0.1) is 11.3 Å². The quantitative estimate of drug-likeness (QED) is 0.712. The van der Waals surface area contributed by atoms with E-state index in [-0.39, 0.29) is 5.56 Å². The van der Waals surface area contributed by atoms with Gasteiger partial charge in [0.2, 0.25) is 11.8 Å². The topological polar surface area (TPSA) is 87.3 Å². The third-order valence-corrected chi connectivity index (χ3v) is 4.43. The number of nitrogens with one attached hydrogen (secondary N) is 3. The molecule has 2 aromatic rings. The number of likely N-dealkylation sites (N-methyl/N-ethyl adjacent to an activating group) is 1. The zero-order valence-corrected chi connectivity index (χ0v) is 14.8. The number of rotatable bonds is 6. The molecule has 0 aliphatic heterocycles. The van der Waals surface area contributed by atoms with E-state index < -0.39 is 41.4 Å². The SMILES string of the molecule is CNC(=O)C(NC(=O)C(C)NC(=O)c1cccs1)c1ccc(F)c(F)c1. The molecule has 2 atom stereocenters. The van der Waals surface area contributed by atoms with Crippen LogP contribution in [0.15, 0.2) is 35.7 Å². The van der Waals surface area contributed by atoms with Crippen molar-refractivity contribution in [1.82, 2.24) is 16.0 Å². The van der Waals surface area contributed by atoms with Gasteiger partial charge in [-0.05, 0) is 36.1 Å². The molecule has 2 rings (SSSR count). The van der Waals surface area contributed by atoms with E-state index in [0.717, 1.165) is 12.1 Å². The largest absolute Gasteiger partial charge is 0.357 e. The molecule has 1 heterocycles. The highest BCUT2D eigenvalue weighted by Crippen LogP contribution is 2.17. The van der Waals surface area contributed by atoms with E-state index in [1.54, 1.807) is 17.5 Å². The van der Waals surface area contributed by atoms with Crippen LogP contribution in [0.25, 0.3) is 0 Å². The molecule has 0 radical (unpaired) electrons. The van der Waals surface area contributed by atoms with Crippen molar-refractivity contribution in [2.75, 3.05) is 7.05 Å². The Morgan fingerprint density at radius 2 is 1.77 bits per heavy atom. The van der Waals surface area contributed by atoms with Crippen LogP contribution in [-0.2, 0) is 9.59 Å². The summed E-state index contributed by atoms with van der Waals surface area (Å²) >= 11 is 1.22. The summed E-state index contributed by atoms with van der Waals surface area (Å²) in [6, 6.07) is 4.05. The fourth-order valence-corrected chi connectivity index (χ4v) is 2.77. The number of carbonyl (C=O) groups excluding carboxylic acids is 3. The van der Waals surface area contributed by atoms with Crippen molar-refractivity contribution in [2.45, 2.75) is 19.0 Å². The fraction of sp³-hybridized carbons (Fsp3) is 0.235. The summed E-state index contributed by atoms with van der Waals surface area (Å²) in [6.07, 6.45) is 0. The van der Waals surface area contributed by atoms with Gasteiger partial charge in [-0.1, -0.05) is 12.1 Å². The average Bonchev–Trinajstić information content (AvgIpc) is 3.16. The van der Waals surface area contributed by atoms with Crippen LogP contribution in [0.4, 0.5) is 8.78 Å². The van der Waals surface area contributed by atoms with E-state index >= 15 is 0 Å². The van der Waals surface area contributed by atoms with Crippen molar-refractivity contribution in [3.8, 4) is 0 Å². The summed E-state index contributed by atoms with van der Waals surface area (Å²) in [7, 11) is 1.35. The first-order valence-electron chi connectivity index (χ1n) is 7.64. The maximum absolute atomic E-state index is 13.5. The van der Waals surface area contributed by atoms with Gasteiger partial charge in [0, 0.05) is 7.05 Å². The monoisotopic (exact) mass is 381 g/mol. The van der Waals surface area contributed by atoms with Crippen LogP contribution in [0.3, 0.4) is 0 Å². The van der Waals surface area contributed by atoms with Crippen LogP contribution < -0.4 is 16.0 Å². The summed E-state index contributed by atoms with van der Waals surface area (Å²) in [6.45, 7) is 1.45. The van der Waals surface area contributed by atoms with E-state index in [0.29, 0.717) is 4.88 Å². The van der Waals surface area contributed by atoms with E-state index in [4.69, 9.17) is 0 Å². The summed E-state index contributed by atoms with van der Waals surface area (Å²) in [5.41, 5.74) is 0.0772. The number of benzene rings is 1. The third-order valence-electron chi connectivity index (χ3n) is 3.56. The zero-order valence-electron chi connectivity index (χ0n) is 14.0. The molecule has 0 saturated heterocycles. The number of halogens is 2. The molecule has 0 spiro atoms. The lowest BCUT2D eigenvalue weighted by Crippen LogP contribution is -2.48. The number of amides is 3. The van der Waals surface area contributed by atoms with Crippen molar-refractivity contribution < 1.29 is 23.2 Å². The number of thiophene rings is 1. The molecule has 0 fully saturated rings. The Bertz CT molecular complexity index is 812. The van der Waals surface area contributed by atoms with Gasteiger partial charge in [0.05, 0.1) is 4.88 Å². The smallest absolute Gasteiger partial charge is 0.261 e. The Hall–Kier alpha value is -2.81. The van der Waals surface area contributed by atoms with Crippen LogP contribution >= 0.6 is 11.3 Å². The first-order chi connectivity index (χ1) is 12.3. The lowest BCUT2D eigenvalue weighted by atomic mass is 10.1.